The fraction of sp³-hybridized carbons (Fsp3) is 0.462. The van der Waals surface area contributed by atoms with E-state index in [1.54, 1.807) is 12.1 Å². The maximum absolute atomic E-state index is 11.3. The molecule has 0 saturated heterocycles. The van der Waals surface area contributed by atoms with E-state index in [1.807, 2.05) is 0 Å². The molecule has 0 spiro atoms. The summed E-state index contributed by atoms with van der Waals surface area (Å²) in [7, 11) is 1.34. The summed E-state index contributed by atoms with van der Waals surface area (Å²) in [6.45, 7) is 4.80. The molecule has 18 heavy (non-hydrogen) atoms. The molecule has 0 aliphatic carbocycles. The SMILES string of the molecule is COC(=O)c1ccc(C2=N[C@@H](C(C)C)CO2)nc1. The Hall–Kier alpha value is -1.91. The summed E-state index contributed by atoms with van der Waals surface area (Å²) in [5, 5.41) is 0. The van der Waals surface area contributed by atoms with E-state index in [1.165, 1.54) is 13.3 Å². The molecule has 5 heteroatoms. The lowest BCUT2D eigenvalue weighted by Gasteiger charge is -2.06. The van der Waals surface area contributed by atoms with Gasteiger partial charge in [0.25, 0.3) is 0 Å². The first-order valence-corrected chi connectivity index (χ1v) is 5.87. The Kier molecular flexibility index (Phi) is 3.60. The number of methoxy groups -OCH3 is 1. The van der Waals surface area contributed by atoms with Crippen molar-refractivity contribution in [1.82, 2.24) is 4.98 Å². The number of aromatic nitrogens is 1. The van der Waals surface area contributed by atoms with Gasteiger partial charge in [-0.25, -0.2) is 9.79 Å². The van der Waals surface area contributed by atoms with Crippen LogP contribution in [0.2, 0.25) is 0 Å². The van der Waals surface area contributed by atoms with E-state index >= 15 is 0 Å². The highest BCUT2D eigenvalue weighted by Crippen LogP contribution is 2.16. The van der Waals surface area contributed by atoms with Gasteiger partial charge in [-0.2, -0.15) is 0 Å². The Bertz CT molecular complexity index is 466. The predicted octanol–water partition coefficient (Wildman–Crippen LogP) is 1.67. The van der Waals surface area contributed by atoms with E-state index in [0.717, 1.165) is 0 Å². The van der Waals surface area contributed by atoms with Crippen molar-refractivity contribution in [2.24, 2.45) is 10.9 Å². The van der Waals surface area contributed by atoms with E-state index in [-0.39, 0.29) is 6.04 Å². The topological polar surface area (TPSA) is 60.8 Å². The van der Waals surface area contributed by atoms with Crippen LogP contribution < -0.4 is 0 Å². The highest BCUT2D eigenvalue weighted by atomic mass is 16.5. The van der Waals surface area contributed by atoms with Crippen molar-refractivity contribution in [3.8, 4) is 0 Å². The number of rotatable bonds is 3. The third-order valence-electron chi connectivity index (χ3n) is 2.85. The smallest absolute Gasteiger partial charge is 0.339 e. The summed E-state index contributed by atoms with van der Waals surface area (Å²) in [5.74, 6) is 0.588. The molecule has 1 aliphatic rings. The quantitative estimate of drug-likeness (QED) is 0.763. The van der Waals surface area contributed by atoms with Gasteiger partial charge in [0.2, 0.25) is 5.90 Å². The standard InChI is InChI=1S/C13H16N2O3/c1-8(2)11-7-18-12(15-11)10-5-4-9(6-14-10)13(16)17-3/h4-6,8,11H,7H2,1-3H3/t11-/m1/s1. The van der Waals surface area contributed by atoms with E-state index < -0.39 is 5.97 Å². The van der Waals surface area contributed by atoms with Crippen molar-refractivity contribution in [2.45, 2.75) is 19.9 Å². The largest absolute Gasteiger partial charge is 0.474 e. The zero-order chi connectivity index (χ0) is 13.1. The van der Waals surface area contributed by atoms with Gasteiger partial charge in [0.1, 0.15) is 12.3 Å². The number of hydrogen-bond acceptors (Lipinski definition) is 5. The first-order chi connectivity index (χ1) is 8.61. The average molecular weight is 248 g/mol. The molecule has 0 amide bonds. The number of aliphatic imine (C=N–C) groups is 1. The molecule has 1 aromatic heterocycles. The van der Waals surface area contributed by atoms with Crippen LogP contribution >= 0.6 is 0 Å². The second kappa shape index (κ2) is 5.16. The monoisotopic (exact) mass is 248 g/mol. The van der Waals surface area contributed by atoms with E-state index in [0.29, 0.717) is 29.7 Å². The number of carbonyl (C=O) groups is 1. The maximum Gasteiger partial charge on any atom is 0.339 e. The van der Waals surface area contributed by atoms with Crippen molar-refractivity contribution in [3.05, 3.63) is 29.6 Å². The molecule has 0 N–H and O–H groups in total. The molecule has 0 saturated carbocycles. The lowest BCUT2D eigenvalue weighted by Crippen LogP contribution is -2.13. The number of esters is 1. The van der Waals surface area contributed by atoms with Gasteiger partial charge in [-0.3, -0.25) is 4.98 Å². The number of nitrogens with zero attached hydrogens (tertiary/aromatic N) is 2. The molecule has 96 valence electrons. The molecule has 0 aromatic carbocycles. The first kappa shape index (κ1) is 12.5. The summed E-state index contributed by atoms with van der Waals surface area (Å²) in [5.41, 5.74) is 1.06. The molecule has 0 unspecified atom stereocenters. The van der Waals surface area contributed by atoms with Crippen LogP contribution in [0.4, 0.5) is 0 Å². The lowest BCUT2D eigenvalue weighted by molar-refractivity contribution is 0.0600. The fourth-order valence-electron chi connectivity index (χ4n) is 1.63. The Morgan fingerprint density at radius 1 is 1.50 bits per heavy atom. The summed E-state index contributed by atoms with van der Waals surface area (Å²) < 4.78 is 10.1. The van der Waals surface area contributed by atoms with Crippen molar-refractivity contribution in [2.75, 3.05) is 13.7 Å². The van der Waals surface area contributed by atoms with Gasteiger partial charge in [-0.15, -0.1) is 0 Å². The van der Waals surface area contributed by atoms with Crippen LogP contribution in [0.5, 0.6) is 0 Å². The minimum absolute atomic E-state index is 0.182. The Labute approximate surface area is 106 Å². The van der Waals surface area contributed by atoms with E-state index in [2.05, 4.69) is 28.6 Å². The normalized spacial score (nSPS) is 18.4. The predicted molar refractivity (Wildman–Crippen MR) is 66.7 cm³/mol. The van der Waals surface area contributed by atoms with E-state index in [9.17, 15) is 4.79 Å². The van der Waals surface area contributed by atoms with Crippen LogP contribution in [-0.4, -0.2) is 36.6 Å². The highest BCUT2D eigenvalue weighted by Gasteiger charge is 2.23. The summed E-state index contributed by atoms with van der Waals surface area (Å²) >= 11 is 0. The van der Waals surface area contributed by atoms with E-state index in [4.69, 9.17) is 4.74 Å². The van der Waals surface area contributed by atoms with Crippen LogP contribution in [-0.2, 0) is 9.47 Å². The number of carbonyl (C=O) groups excluding carboxylic acids is 1. The molecule has 1 aliphatic heterocycles. The van der Waals surface area contributed by atoms with Gasteiger partial charge < -0.3 is 9.47 Å². The van der Waals surface area contributed by atoms with Gasteiger partial charge >= 0.3 is 5.97 Å². The van der Waals surface area contributed by atoms with Crippen LogP contribution in [0.15, 0.2) is 23.3 Å². The molecule has 5 nitrogen and oxygen atoms in total. The molecule has 1 aromatic rings. The van der Waals surface area contributed by atoms with Crippen molar-refractivity contribution in [3.63, 3.8) is 0 Å². The van der Waals surface area contributed by atoms with Gasteiger partial charge in [0, 0.05) is 6.20 Å². The second-order valence-corrected chi connectivity index (χ2v) is 4.48. The molecule has 2 rings (SSSR count). The molecular formula is C13H16N2O3. The maximum atomic E-state index is 11.3. The number of ether oxygens (including phenoxy) is 2. The molecule has 2 heterocycles. The van der Waals surface area contributed by atoms with Gasteiger partial charge in [-0.05, 0) is 18.1 Å². The Morgan fingerprint density at radius 2 is 2.28 bits per heavy atom. The van der Waals surface area contributed by atoms with Crippen LogP contribution in [0.3, 0.4) is 0 Å². The molecular weight excluding hydrogens is 232 g/mol. The molecule has 0 bridgehead atoms. The highest BCUT2D eigenvalue weighted by molar-refractivity contribution is 5.94. The van der Waals surface area contributed by atoms with Crippen molar-refractivity contribution >= 4 is 11.9 Å². The summed E-state index contributed by atoms with van der Waals surface area (Å²) in [6, 6.07) is 3.55. The molecule has 1 atom stereocenters. The van der Waals surface area contributed by atoms with Crippen LogP contribution in [0, 0.1) is 5.92 Å². The zero-order valence-corrected chi connectivity index (χ0v) is 10.7. The summed E-state index contributed by atoms with van der Waals surface area (Å²) in [6.07, 6.45) is 1.47. The van der Waals surface area contributed by atoms with Crippen molar-refractivity contribution in [1.29, 1.82) is 0 Å². The van der Waals surface area contributed by atoms with Crippen LogP contribution in [0.1, 0.15) is 29.9 Å². The van der Waals surface area contributed by atoms with Gasteiger partial charge in [-0.1, -0.05) is 13.8 Å². The lowest BCUT2D eigenvalue weighted by atomic mass is 10.1. The average Bonchev–Trinajstić information content (AvgIpc) is 2.88. The molecule has 0 radical (unpaired) electrons. The number of pyridine rings is 1. The summed E-state index contributed by atoms with van der Waals surface area (Å²) in [4.78, 5) is 19.9. The minimum atomic E-state index is -0.400. The first-order valence-electron chi connectivity index (χ1n) is 5.87. The fourth-order valence-corrected chi connectivity index (χ4v) is 1.63. The zero-order valence-electron chi connectivity index (χ0n) is 10.7. The third kappa shape index (κ3) is 2.50. The Morgan fingerprint density at radius 3 is 2.78 bits per heavy atom. The van der Waals surface area contributed by atoms with Gasteiger partial charge in [0.05, 0.1) is 18.7 Å². The number of hydrogen-bond donors (Lipinski definition) is 0. The van der Waals surface area contributed by atoms with Crippen molar-refractivity contribution < 1.29 is 14.3 Å². The molecule has 0 fully saturated rings. The van der Waals surface area contributed by atoms with Crippen LogP contribution in [0.25, 0.3) is 0 Å². The van der Waals surface area contributed by atoms with Gasteiger partial charge in [0.15, 0.2) is 0 Å². The Balaban J connectivity index is 2.16. The second-order valence-electron chi connectivity index (χ2n) is 4.48. The minimum Gasteiger partial charge on any atom is -0.474 e. The third-order valence-corrected chi connectivity index (χ3v) is 2.85.